The lowest BCUT2D eigenvalue weighted by Crippen LogP contribution is -2.43. The molecule has 138 valence electrons. The summed E-state index contributed by atoms with van der Waals surface area (Å²) < 4.78 is 5.51. The van der Waals surface area contributed by atoms with Gasteiger partial charge in [0, 0.05) is 5.56 Å². The standard InChI is InChI=1S/C18H18N6O3/c1-13-7-5-6-10-15(13)18(26)21-20-17(25)11-24-22-16(19-23-24)12-27-14-8-3-2-4-9-14/h2-10H,11-12H2,1H3,(H,20,25)(H,21,26). The van der Waals surface area contributed by atoms with Crippen LogP contribution in [0.5, 0.6) is 5.75 Å². The molecule has 2 amide bonds. The maximum Gasteiger partial charge on any atom is 0.269 e. The minimum atomic E-state index is -0.482. The number of hydrogen-bond donors (Lipinski definition) is 2. The molecule has 2 aromatic carbocycles. The van der Waals surface area contributed by atoms with Gasteiger partial charge < -0.3 is 4.74 Å². The lowest BCUT2D eigenvalue weighted by atomic mass is 10.1. The number of amides is 2. The van der Waals surface area contributed by atoms with E-state index in [1.54, 1.807) is 12.1 Å². The molecule has 9 nitrogen and oxygen atoms in total. The Kier molecular flexibility index (Phi) is 5.73. The Labute approximate surface area is 155 Å². The number of nitrogens with zero attached hydrogens (tertiary/aromatic N) is 4. The summed E-state index contributed by atoms with van der Waals surface area (Å²) in [5, 5.41) is 11.7. The highest BCUT2D eigenvalue weighted by Gasteiger charge is 2.11. The molecule has 0 unspecified atom stereocenters. The third-order valence-electron chi connectivity index (χ3n) is 3.60. The van der Waals surface area contributed by atoms with Gasteiger partial charge in [-0.15, -0.1) is 10.2 Å². The summed E-state index contributed by atoms with van der Waals surface area (Å²) in [7, 11) is 0. The van der Waals surface area contributed by atoms with Crippen molar-refractivity contribution < 1.29 is 14.3 Å². The molecule has 0 radical (unpaired) electrons. The van der Waals surface area contributed by atoms with Crippen molar-refractivity contribution in [1.82, 2.24) is 31.1 Å². The molecule has 0 aliphatic heterocycles. The predicted octanol–water partition coefficient (Wildman–Crippen LogP) is 1.02. The number of aromatic nitrogens is 4. The predicted molar refractivity (Wildman–Crippen MR) is 95.4 cm³/mol. The molecule has 0 spiro atoms. The second-order valence-corrected chi connectivity index (χ2v) is 5.66. The van der Waals surface area contributed by atoms with Crippen molar-refractivity contribution in [1.29, 1.82) is 0 Å². The molecule has 3 aromatic rings. The fraction of sp³-hybridized carbons (Fsp3) is 0.167. The molecule has 0 aliphatic carbocycles. The number of para-hydroxylation sites is 1. The lowest BCUT2D eigenvalue weighted by Gasteiger charge is -2.08. The molecule has 0 atom stereocenters. The van der Waals surface area contributed by atoms with Crippen LogP contribution in [0.15, 0.2) is 54.6 Å². The van der Waals surface area contributed by atoms with Crippen LogP contribution < -0.4 is 15.6 Å². The number of aryl methyl sites for hydroxylation is 1. The van der Waals surface area contributed by atoms with Crippen molar-refractivity contribution in [2.45, 2.75) is 20.1 Å². The average molecular weight is 366 g/mol. The normalized spacial score (nSPS) is 10.3. The van der Waals surface area contributed by atoms with Gasteiger partial charge in [-0.1, -0.05) is 36.4 Å². The SMILES string of the molecule is Cc1ccccc1C(=O)NNC(=O)Cn1nnc(COc2ccccc2)n1. The third kappa shape index (κ3) is 5.11. The minimum Gasteiger partial charge on any atom is -0.485 e. The monoisotopic (exact) mass is 366 g/mol. The van der Waals surface area contributed by atoms with Crippen LogP contribution in [0.25, 0.3) is 0 Å². The smallest absolute Gasteiger partial charge is 0.269 e. The van der Waals surface area contributed by atoms with Crippen LogP contribution in [0.2, 0.25) is 0 Å². The summed E-state index contributed by atoms with van der Waals surface area (Å²) in [6.07, 6.45) is 0. The van der Waals surface area contributed by atoms with Gasteiger partial charge >= 0.3 is 0 Å². The summed E-state index contributed by atoms with van der Waals surface area (Å²) >= 11 is 0. The Hall–Kier alpha value is -3.75. The molecule has 3 rings (SSSR count). The van der Waals surface area contributed by atoms with Crippen LogP contribution in [0.4, 0.5) is 0 Å². The molecule has 0 bridgehead atoms. The van der Waals surface area contributed by atoms with Crippen molar-refractivity contribution in [3.8, 4) is 5.75 Å². The molecular formula is C18H18N6O3. The Balaban J connectivity index is 1.46. The van der Waals surface area contributed by atoms with Crippen molar-refractivity contribution in [3.05, 3.63) is 71.5 Å². The minimum absolute atomic E-state index is 0.135. The Morgan fingerprint density at radius 3 is 2.56 bits per heavy atom. The Morgan fingerprint density at radius 1 is 1.04 bits per heavy atom. The second-order valence-electron chi connectivity index (χ2n) is 5.66. The largest absolute Gasteiger partial charge is 0.485 e. The summed E-state index contributed by atoms with van der Waals surface area (Å²) in [5.41, 5.74) is 5.98. The molecule has 0 saturated heterocycles. The second kappa shape index (κ2) is 8.56. The number of ether oxygens (including phenoxy) is 1. The number of rotatable bonds is 6. The number of tetrazole rings is 1. The highest BCUT2D eigenvalue weighted by Crippen LogP contribution is 2.09. The highest BCUT2D eigenvalue weighted by molar-refractivity contribution is 5.96. The van der Waals surface area contributed by atoms with Gasteiger partial charge in [-0.3, -0.25) is 20.4 Å². The van der Waals surface area contributed by atoms with E-state index in [2.05, 4.69) is 26.3 Å². The fourth-order valence-corrected chi connectivity index (χ4v) is 2.26. The van der Waals surface area contributed by atoms with Crippen LogP contribution in [-0.4, -0.2) is 32.0 Å². The van der Waals surface area contributed by atoms with Gasteiger partial charge in [-0.2, -0.15) is 4.80 Å². The first-order valence-corrected chi connectivity index (χ1v) is 8.21. The van der Waals surface area contributed by atoms with Crippen LogP contribution in [0.3, 0.4) is 0 Å². The van der Waals surface area contributed by atoms with Crippen LogP contribution in [0, 0.1) is 6.92 Å². The zero-order valence-corrected chi connectivity index (χ0v) is 14.6. The molecule has 2 N–H and O–H groups in total. The third-order valence-corrected chi connectivity index (χ3v) is 3.60. The summed E-state index contributed by atoms with van der Waals surface area (Å²) in [6.45, 7) is 1.76. The number of hydrogen-bond acceptors (Lipinski definition) is 6. The first-order chi connectivity index (χ1) is 13.1. The van der Waals surface area contributed by atoms with Crippen molar-refractivity contribution in [2.24, 2.45) is 0 Å². The Bertz CT molecular complexity index is 926. The summed E-state index contributed by atoms with van der Waals surface area (Å²) in [5.74, 6) is 0.149. The van der Waals surface area contributed by atoms with Crippen LogP contribution in [0.1, 0.15) is 21.7 Å². The van der Waals surface area contributed by atoms with Crippen LogP contribution in [-0.2, 0) is 17.9 Å². The van der Waals surface area contributed by atoms with E-state index < -0.39 is 11.8 Å². The molecule has 0 saturated carbocycles. The average Bonchev–Trinajstić information content (AvgIpc) is 3.13. The maximum atomic E-state index is 12.1. The van der Waals surface area contributed by atoms with E-state index in [4.69, 9.17) is 4.74 Å². The maximum absolute atomic E-state index is 12.1. The van der Waals surface area contributed by atoms with Crippen molar-refractivity contribution in [2.75, 3.05) is 0 Å². The van der Waals surface area contributed by atoms with Gasteiger partial charge in [0.25, 0.3) is 11.8 Å². The quantitative estimate of drug-likeness (QED) is 0.630. The Morgan fingerprint density at radius 2 is 1.78 bits per heavy atom. The highest BCUT2D eigenvalue weighted by atomic mass is 16.5. The van der Waals surface area contributed by atoms with E-state index in [1.807, 2.05) is 49.4 Å². The lowest BCUT2D eigenvalue weighted by molar-refractivity contribution is -0.122. The van der Waals surface area contributed by atoms with Gasteiger partial charge in [0.15, 0.2) is 6.61 Å². The van der Waals surface area contributed by atoms with Gasteiger partial charge in [0.05, 0.1) is 0 Å². The number of carbonyl (C=O) groups is 2. The number of carbonyl (C=O) groups excluding carboxylic acids is 2. The molecule has 1 aromatic heterocycles. The van der Waals surface area contributed by atoms with Crippen molar-refractivity contribution in [3.63, 3.8) is 0 Å². The summed E-state index contributed by atoms with van der Waals surface area (Å²) in [4.78, 5) is 25.1. The number of hydrazine groups is 1. The molecule has 1 heterocycles. The molecule has 9 heteroatoms. The molecular weight excluding hydrogens is 348 g/mol. The van der Waals surface area contributed by atoms with E-state index >= 15 is 0 Å². The number of nitrogens with one attached hydrogen (secondary N) is 2. The van der Waals surface area contributed by atoms with Gasteiger partial charge in [-0.25, -0.2) is 0 Å². The summed E-state index contributed by atoms with van der Waals surface area (Å²) in [6, 6.07) is 16.3. The topological polar surface area (TPSA) is 111 Å². The zero-order chi connectivity index (χ0) is 19.1. The molecule has 27 heavy (non-hydrogen) atoms. The van der Waals surface area contributed by atoms with E-state index in [0.29, 0.717) is 17.1 Å². The van der Waals surface area contributed by atoms with E-state index in [0.717, 1.165) is 10.4 Å². The van der Waals surface area contributed by atoms with Gasteiger partial charge in [0.2, 0.25) is 5.82 Å². The van der Waals surface area contributed by atoms with E-state index in [9.17, 15) is 9.59 Å². The van der Waals surface area contributed by atoms with E-state index in [-0.39, 0.29) is 13.2 Å². The molecule has 0 aliphatic rings. The first kappa shape index (κ1) is 18.1. The zero-order valence-electron chi connectivity index (χ0n) is 14.6. The fourth-order valence-electron chi connectivity index (χ4n) is 2.26. The van der Waals surface area contributed by atoms with Crippen LogP contribution >= 0.6 is 0 Å². The van der Waals surface area contributed by atoms with Gasteiger partial charge in [0.1, 0.15) is 12.3 Å². The number of benzene rings is 2. The first-order valence-electron chi connectivity index (χ1n) is 8.21. The van der Waals surface area contributed by atoms with Crippen molar-refractivity contribution >= 4 is 11.8 Å². The van der Waals surface area contributed by atoms with E-state index in [1.165, 1.54) is 0 Å². The van der Waals surface area contributed by atoms with Gasteiger partial charge in [-0.05, 0) is 35.9 Å². The molecule has 0 fully saturated rings.